The molecule has 1 aromatic rings. The lowest BCUT2D eigenvalue weighted by Crippen LogP contribution is -2.33. The molecule has 4 rings (SSSR count). The third-order valence-corrected chi connectivity index (χ3v) is 5.83. The maximum absolute atomic E-state index is 2.42. The van der Waals surface area contributed by atoms with E-state index >= 15 is 0 Å². The molecule has 2 saturated carbocycles. The number of rotatable bonds is 0. The highest BCUT2D eigenvalue weighted by atomic mass is 14.5. The molecule has 0 nitrogen and oxygen atoms in total. The molecular weight excluding hydrogens is 204 g/mol. The van der Waals surface area contributed by atoms with E-state index in [1.807, 2.05) is 0 Å². The molecule has 0 aromatic heterocycles. The van der Waals surface area contributed by atoms with Crippen LogP contribution in [0.15, 0.2) is 24.3 Å². The van der Waals surface area contributed by atoms with E-state index in [4.69, 9.17) is 0 Å². The molecule has 0 radical (unpaired) electrons. The molecule has 17 heavy (non-hydrogen) atoms. The average Bonchev–Trinajstić information content (AvgIpc) is 2.86. The van der Waals surface area contributed by atoms with Crippen molar-refractivity contribution < 1.29 is 0 Å². The first-order chi connectivity index (χ1) is 8.43. The summed E-state index contributed by atoms with van der Waals surface area (Å²) in [6, 6.07) is 9.26. The van der Waals surface area contributed by atoms with Crippen LogP contribution in [0.3, 0.4) is 0 Å². The van der Waals surface area contributed by atoms with Crippen molar-refractivity contribution in [3.63, 3.8) is 0 Å². The Morgan fingerprint density at radius 3 is 2.76 bits per heavy atom. The first-order valence-corrected chi connectivity index (χ1v) is 7.51. The van der Waals surface area contributed by atoms with Gasteiger partial charge in [-0.25, -0.2) is 0 Å². The number of benzene rings is 1. The summed E-state index contributed by atoms with van der Waals surface area (Å²) in [7, 11) is 0. The molecule has 0 bridgehead atoms. The molecule has 0 heteroatoms. The van der Waals surface area contributed by atoms with E-state index in [9.17, 15) is 0 Å². The fourth-order valence-corrected chi connectivity index (χ4v) is 5.14. The lowest BCUT2D eigenvalue weighted by Gasteiger charge is -2.44. The van der Waals surface area contributed by atoms with Crippen molar-refractivity contribution in [3.05, 3.63) is 35.4 Å². The fourth-order valence-electron chi connectivity index (χ4n) is 5.14. The Morgan fingerprint density at radius 1 is 0.824 bits per heavy atom. The van der Waals surface area contributed by atoms with Crippen molar-refractivity contribution >= 4 is 0 Å². The first kappa shape index (κ1) is 10.2. The lowest BCUT2D eigenvalue weighted by molar-refractivity contribution is 0.137. The van der Waals surface area contributed by atoms with Gasteiger partial charge in [0.1, 0.15) is 0 Å². The second kappa shape index (κ2) is 3.86. The molecule has 0 amide bonds. The van der Waals surface area contributed by atoms with E-state index in [0.717, 1.165) is 23.7 Å². The summed E-state index contributed by atoms with van der Waals surface area (Å²) in [6.07, 6.45) is 10.4. The minimum absolute atomic E-state index is 0.916. The van der Waals surface area contributed by atoms with E-state index in [0.29, 0.717) is 0 Å². The molecule has 0 N–H and O–H groups in total. The van der Waals surface area contributed by atoms with E-state index in [1.165, 1.54) is 44.9 Å². The lowest BCUT2D eigenvalue weighted by atomic mass is 9.61. The quantitative estimate of drug-likeness (QED) is 0.609. The number of aryl methyl sites for hydroxylation is 1. The van der Waals surface area contributed by atoms with Crippen molar-refractivity contribution in [2.24, 2.45) is 17.8 Å². The predicted octanol–water partition coefficient (Wildman–Crippen LogP) is 4.54. The van der Waals surface area contributed by atoms with Crippen molar-refractivity contribution in [2.75, 3.05) is 0 Å². The van der Waals surface area contributed by atoms with Crippen LogP contribution in [0.5, 0.6) is 0 Å². The Balaban J connectivity index is 1.71. The molecule has 2 fully saturated rings. The minimum atomic E-state index is 0.916. The maximum atomic E-state index is 2.42. The molecule has 4 atom stereocenters. The van der Waals surface area contributed by atoms with Gasteiger partial charge in [-0.1, -0.05) is 37.1 Å². The largest absolute Gasteiger partial charge is 0.0620 e. The Labute approximate surface area is 104 Å². The molecule has 0 saturated heterocycles. The van der Waals surface area contributed by atoms with Crippen LogP contribution in [-0.4, -0.2) is 0 Å². The van der Waals surface area contributed by atoms with Crippen LogP contribution in [-0.2, 0) is 6.42 Å². The van der Waals surface area contributed by atoms with Gasteiger partial charge in [0.15, 0.2) is 0 Å². The smallest absolute Gasteiger partial charge is 0.0128 e. The Hall–Kier alpha value is -0.780. The van der Waals surface area contributed by atoms with Gasteiger partial charge >= 0.3 is 0 Å². The highest BCUT2D eigenvalue weighted by Crippen LogP contribution is 2.54. The molecule has 0 aliphatic heterocycles. The molecule has 0 spiro atoms. The third kappa shape index (κ3) is 1.49. The molecule has 3 aliphatic carbocycles. The van der Waals surface area contributed by atoms with Gasteiger partial charge in [-0.05, 0) is 66.9 Å². The summed E-state index contributed by atoms with van der Waals surface area (Å²) < 4.78 is 0. The van der Waals surface area contributed by atoms with E-state index in [-0.39, 0.29) is 0 Å². The molecule has 3 aliphatic rings. The Morgan fingerprint density at radius 2 is 1.76 bits per heavy atom. The van der Waals surface area contributed by atoms with Crippen molar-refractivity contribution in [2.45, 2.75) is 50.9 Å². The summed E-state index contributed by atoms with van der Waals surface area (Å²) in [5.74, 6) is 4.13. The summed E-state index contributed by atoms with van der Waals surface area (Å²) >= 11 is 0. The Bertz CT molecular complexity index is 420. The van der Waals surface area contributed by atoms with Crippen molar-refractivity contribution in [1.82, 2.24) is 0 Å². The monoisotopic (exact) mass is 226 g/mol. The SMILES string of the molecule is c1ccc2c(c1)CC[C@@H]1[C@@H]3CCC[C@H]3CC[C@H]21. The van der Waals surface area contributed by atoms with Crippen LogP contribution in [0.1, 0.15) is 55.6 Å². The van der Waals surface area contributed by atoms with Gasteiger partial charge in [-0.15, -0.1) is 0 Å². The first-order valence-electron chi connectivity index (χ1n) is 7.51. The van der Waals surface area contributed by atoms with Crippen LogP contribution in [0, 0.1) is 17.8 Å². The van der Waals surface area contributed by atoms with Crippen LogP contribution >= 0.6 is 0 Å². The summed E-state index contributed by atoms with van der Waals surface area (Å²) in [6.45, 7) is 0. The number of fused-ring (bicyclic) bond motifs is 5. The van der Waals surface area contributed by atoms with Gasteiger partial charge in [0.05, 0.1) is 0 Å². The topological polar surface area (TPSA) is 0 Å². The van der Waals surface area contributed by atoms with E-state index in [2.05, 4.69) is 24.3 Å². The maximum Gasteiger partial charge on any atom is -0.0128 e. The summed E-state index contributed by atoms with van der Waals surface area (Å²) in [5, 5.41) is 0. The predicted molar refractivity (Wildman–Crippen MR) is 71.1 cm³/mol. The van der Waals surface area contributed by atoms with Gasteiger partial charge in [0.25, 0.3) is 0 Å². The van der Waals surface area contributed by atoms with Crippen LogP contribution in [0.4, 0.5) is 0 Å². The van der Waals surface area contributed by atoms with Gasteiger partial charge in [-0.2, -0.15) is 0 Å². The van der Waals surface area contributed by atoms with Gasteiger partial charge < -0.3 is 0 Å². The molecular formula is C17H22. The molecule has 1 aromatic carbocycles. The molecule has 0 unspecified atom stereocenters. The van der Waals surface area contributed by atoms with E-state index in [1.54, 1.807) is 11.1 Å². The minimum Gasteiger partial charge on any atom is -0.0620 e. The fraction of sp³-hybridized carbons (Fsp3) is 0.647. The Kier molecular flexibility index (Phi) is 2.31. The van der Waals surface area contributed by atoms with Gasteiger partial charge in [-0.3, -0.25) is 0 Å². The average molecular weight is 226 g/mol. The summed E-state index contributed by atoms with van der Waals surface area (Å²) in [4.78, 5) is 0. The standard InChI is InChI=1S/C17H22/c1-2-6-14-12(4-1)8-10-17-15-7-3-5-13(15)9-11-16(14)17/h1-2,4,6,13,15-17H,3,5,7-11H2/t13-,15+,16+,17+/m0/s1. The van der Waals surface area contributed by atoms with Gasteiger partial charge in [0, 0.05) is 0 Å². The van der Waals surface area contributed by atoms with Crippen molar-refractivity contribution in [1.29, 1.82) is 0 Å². The van der Waals surface area contributed by atoms with Crippen molar-refractivity contribution in [3.8, 4) is 0 Å². The zero-order chi connectivity index (χ0) is 11.2. The van der Waals surface area contributed by atoms with Crippen LogP contribution < -0.4 is 0 Å². The van der Waals surface area contributed by atoms with Crippen LogP contribution in [0.2, 0.25) is 0 Å². The van der Waals surface area contributed by atoms with Gasteiger partial charge in [0.2, 0.25) is 0 Å². The normalized spacial score (nSPS) is 39.3. The zero-order valence-corrected chi connectivity index (χ0v) is 10.6. The van der Waals surface area contributed by atoms with Crippen LogP contribution in [0.25, 0.3) is 0 Å². The zero-order valence-electron chi connectivity index (χ0n) is 10.6. The third-order valence-electron chi connectivity index (χ3n) is 5.83. The molecule has 0 heterocycles. The molecule has 90 valence electrons. The summed E-state index contributed by atoms with van der Waals surface area (Å²) in [5.41, 5.74) is 3.37. The second-order valence-electron chi connectivity index (χ2n) is 6.44. The van der Waals surface area contributed by atoms with E-state index < -0.39 is 0 Å². The number of hydrogen-bond donors (Lipinski definition) is 0. The highest BCUT2D eigenvalue weighted by Gasteiger charge is 2.43. The number of hydrogen-bond acceptors (Lipinski definition) is 0. The highest BCUT2D eigenvalue weighted by molar-refractivity contribution is 5.34. The second-order valence-corrected chi connectivity index (χ2v) is 6.44.